The van der Waals surface area contributed by atoms with E-state index in [0.717, 1.165) is 39.0 Å². The summed E-state index contributed by atoms with van der Waals surface area (Å²) in [6.07, 6.45) is 5.82. The Balaban J connectivity index is 1.77. The van der Waals surface area contributed by atoms with Crippen molar-refractivity contribution in [1.82, 2.24) is 14.9 Å². The van der Waals surface area contributed by atoms with Gasteiger partial charge >= 0.3 is 0 Å². The van der Waals surface area contributed by atoms with Gasteiger partial charge in [-0.2, -0.15) is 4.98 Å². The lowest BCUT2D eigenvalue weighted by atomic mass is 10.2. The van der Waals surface area contributed by atoms with Crippen LogP contribution < -0.4 is 10.2 Å². The number of hydrogen-bond acceptors (Lipinski definition) is 5. The number of hydrogen-bond donors (Lipinski definition) is 1. The third-order valence-electron chi connectivity index (χ3n) is 4.36. The molecule has 2 aliphatic rings. The summed E-state index contributed by atoms with van der Waals surface area (Å²) in [6.45, 7) is 6.95. The summed E-state index contributed by atoms with van der Waals surface area (Å²) < 4.78 is 14.1. The Morgan fingerprint density at radius 3 is 3.05 bits per heavy atom. The van der Waals surface area contributed by atoms with E-state index in [4.69, 9.17) is 0 Å². The van der Waals surface area contributed by atoms with Gasteiger partial charge in [0, 0.05) is 32.2 Å². The SMILES string of the molecule is CCCNc1ncc(F)c(N2CCCN3CCCC3C2)n1. The van der Waals surface area contributed by atoms with Crippen LogP contribution in [-0.4, -0.2) is 53.6 Å². The highest BCUT2D eigenvalue weighted by molar-refractivity contribution is 5.44. The van der Waals surface area contributed by atoms with Crippen LogP contribution in [0.2, 0.25) is 0 Å². The van der Waals surface area contributed by atoms with Crippen LogP contribution >= 0.6 is 0 Å². The molecule has 0 bridgehead atoms. The highest BCUT2D eigenvalue weighted by Crippen LogP contribution is 2.25. The molecule has 5 nitrogen and oxygen atoms in total. The van der Waals surface area contributed by atoms with E-state index in [-0.39, 0.29) is 5.82 Å². The minimum Gasteiger partial charge on any atom is -0.354 e. The molecule has 0 saturated carbocycles. The topological polar surface area (TPSA) is 44.3 Å². The van der Waals surface area contributed by atoms with Gasteiger partial charge in [-0.25, -0.2) is 9.37 Å². The van der Waals surface area contributed by atoms with Gasteiger partial charge in [-0.1, -0.05) is 6.92 Å². The number of nitrogens with zero attached hydrogens (tertiary/aromatic N) is 4. The van der Waals surface area contributed by atoms with E-state index in [1.165, 1.54) is 25.6 Å². The molecule has 1 aromatic heterocycles. The van der Waals surface area contributed by atoms with Crippen LogP contribution in [0.3, 0.4) is 0 Å². The van der Waals surface area contributed by atoms with E-state index in [0.29, 0.717) is 17.8 Å². The molecule has 3 heterocycles. The summed E-state index contributed by atoms with van der Waals surface area (Å²) in [5.41, 5.74) is 0. The quantitative estimate of drug-likeness (QED) is 0.921. The van der Waals surface area contributed by atoms with Crippen LogP contribution in [0.1, 0.15) is 32.6 Å². The van der Waals surface area contributed by atoms with E-state index in [1.54, 1.807) is 0 Å². The number of rotatable bonds is 4. The van der Waals surface area contributed by atoms with Gasteiger partial charge in [0.15, 0.2) is 11.6 Å². The van der Waals surface area contributed by atoms with Gasteiger partial charge in [-0.15, -0.1) is 0 Å². The van der Waals surface area contributed by atoms with Gasteiger partial charge in [0.05, 0.1) is 6.20 Å². The summed E-state index contributed by atoms with van der Waals surface area (Å²) in [6, 6.07) is 0.550. The van der Waals surface area contributed by atoms with Crippen molar-refractivity contribution in [3.63, 3.8) is 0 Å². The summed E-state index contributed by atoms with van der Waals surface area (Å²) in [5.74, 6) is 0.668. The summed E-state index contributed by atoms with van der Waals surface area (Å²) in [5, 5.41) is 3.14. The number of anilines is 2. The minimum absolute atomic E-state index is 0.316. The second-order valence-electron chi connectivity index (χ2n) is 5.92. The lowest BCUT2D eigenvalue weighted by Crippen LogP contribution is -2.37. The van der Waals surface area contributed by atoms with Gasteiger partial charge in [0.2, 0.25) is 5.95 Å². The van der Waals surface area contributed by atoms with Gasteiger partial charge in [-0.05, 0) is 32.2 Å². The van der Waals surface area contributed by atoms with E-state index in [2.05, 4.69) is 32.0 Å². The maximum absolute atomic E-state index is 14.1. The summed E-state index contributed by atoms with van der Waals surface area (Å²) in [4.78, 5) is 13.1. The van der Waals surface area contributed by atoms with Crippen LogP contribution in [0.5, 0.6) is 0 Å². The van der Waals surface area contributed by atoms with Crippen molar-refractivity contribution >= 4 is 11.8 Å². The maximum Gasteiger partial charge on any atom is 0.224 e. The van der Waals surface area contributed by atoms with Crippen molar-refractivity contribution in [3.05, 3.63) is 12.0 Å². The largest absolute Gasteiger partial charge is 0.354 e. The van der Waals surface area contributed by atoms with Gasteiger partial charge in [0.25, 0.3) is 0 Å². The second-order valence-corrected chi connectivity index (χ2v) is 5.92. The number of halogens is 1. The zero-order valence-electron chi connectivity index (χ0n) is 12.7. The molecule has 0 radical (unpaired) electrons. The monoisotopic (exact) mass is 293 g/mol. The molecule has 3 rings (SSSR count). The Hall–Kier alpha value is -1.43. The maximum atomic E-state index is 14.1. The van der Waals surface area contributed by atoms with Crippen molar-refractivity contribution < 1.29 is 4.39 Å². The zero-order chi connectivity index (χ0) is 14.7. The van der Waals surface area contributed by atoms with Gasteiger partial charge < -0.3 is 10.2 Å². The van der Waals surface area contributed by atoms with Gasteiger partial charge in [-0.3, -0.25) is 4.90 Å². The molecule has 2 fully saturated rings. The highest BCUT2D eigenvalue weighted by Gasteiger charge is 2.30. The number of aromatic nitrogens is 2. The molecule has 116 valence electrons. The third kappa shape index (κ3) is 3.26. The average Bonchev–Trinajstić information content (AvgIpc) is 2.84. The first-order valence-corrected chi connectivity index (χ1v) is 8.03. The number of fused-ring (bicyclic) bond motifs is 1. The van der Waals surface area contributed by atoms with Crippen LogP contribution in [0.4, 0.5) is 16.2 Å². The molecule has 0 aliphatic carbocycles. The fourth-order valence-corrected chi connectivity index (χ4v) is 3.30. The molecule has 1 N–H and O–H groups in total. The third-order valence-corrected chi connectivity index (χ3v) is 4.36. The fraction of sp³-hybridized carbons (Fsp3) is 0.733. The number of nitrogens with one attached hydrogen (secondary N) is 1. The van der Waals surface area contributed by atoms with E-state index >= 15 is 0 Å². The molecule has 1 atom stereocenters. The minimum atomic E-state index is -0.316. The molecule has 2 saturated heterocycles. The molecule has 1 aromatic rings. The Morgan fingerprint density at radius 2 is 2.19 bits per heavy atom. The lowest BCUT2D eigenvalue weighted by Gasteiger charge is -2.26. The Morgan fingerprint density at radius 1 is 1.33 bits per heavy atom. The second kappa shape index (κ2) is 6.56. The van der Waals surface area contributed by atoms with Crippen molar-refractivity contribution in [2.45, 2.75) is 38.6 Å². The van der Waals surface area contributed by atoms with Gasteiger partial charge in [0.1, 0.15) is 0 Å². The summed E-state index contributed by atoms with van der Waals surface area (Å²) in [7, 11) is 0. The molecule has 0 amide bonds. The molecule has 1 unspecified atom stereocenters. The summed E-state index contributed by atoms with van der Waals surface area (Å²) >= 11 is 0. The molecular weight excluding hydrogens is 269 g/mol. The Bertz CT molecular complexity index is 481. The normalized spacial score (nSPS) is 23.0. The van der Waals surface area contributed by atoms with Crippen molar-refractivity contribution in [2.24, 2.45) is 0 Å². The Labute approximate surface area is 125 Å². The molecular formula is C15H24FN5. The molecule has 0 aromatic carbocycles. The molecule has 2 aliphatic heterocycles. The van der Waals surface area contributed by atoms with Crippen molar-refractivity contribution in [1.29, 1.82) is 0 Å². The van der Waals surface area contributed by atoms with Crippen LogP contribution in [-0.2, 0) is 0 Å². The first-order valence-electron chi connectivity index (χ1n) is 8.03. The predicted molar refractivity (Wildman–Crippen MR) is 82.2 cm³/mol. The zero-order valence-corrected chi connectivity index (χ0v) is 12.7. The van der Waals surface area contributed by atoms with E-state index < -0.39 is 0 Å². The van der Waals surface area contributed by atoms with Crippen LogP contribution in [0, 0.1) is 5.82 Å². The standard InChI is InChI=1S/C15H24FN5/c1-2-6-17-15-18-10-13(16)14(19-15)21-9-4-8-20-7-3-5-12(20)11-21/h10,12H,2-9,11H2,1H3,(H,17,18,19). The predicted octanol–water partition coefficient (Wildman–Crippen LogP) is 2.11. The van der Waals surface area contributed by atoms with E-state index in [9.17, 15) is 4.39 Å². The highest BCUT2D eigenvalue weighted by atomic mass is 19.1. The fourth-order valence-electron chi connectivity index (χ4n) is 3.30. The van der Waals surface area contributed by atoms with Crippen LogP contribution in [0.25, 0.3) is 0 Å². The first kappa shape index (κ1) is 14.5. The van der Waals surface area contributed by atoms with Crippen molar-refractivity contribution in [3.8, 4) is 0 Å². The lowest BCUT2D eigenvalue weighted by molar-refractivity contribution is 0.273. The van der Waals surface area contributed by atoms with E-state index in [1.807, 2.05) is 0 Å². The van der Waals surface area contributed by atoms with Crippen molar-refractivity contribution in [2.75, 3.05) is 42.9 Å². The van der Waals surface area contributed by atoms with Crippen LogP contribution in [0.15, 0.2) is 6.20 Å². The first-order chi connectivity index (χ1) is 10.3. The molecule has 0 spiro atoms. The Kier molecular flexibility index (Phi) is 4.53. The average molecular weight is 293 g/mol. The smallest absolute Gasteiger partial charge is 0.224 e. The molecule has 6 heteroatoms. The molecule has 21 heavy (non-hydrogen) atoms.